The molecular weight excluding hydrogens is 210 g/mol. The van der Waals surface area contributed by atoms with Gasteiger partial charge in [0, 0.05) is 6.42 Å². The topological polar surface area (TPSA) is 63.6 Å². The molecule has 86 valence electrons. The van der Waals surface area contributed by atoms with Gasteiger partial charge in [0.15, 0.2) is 0 Å². The van der Waals surface area contributed by atoms with E-state index in [9.17, 15) is 18.4 Å². The summed E-state index contributed by atoms with van der Waals surface area (Å²) >= 11 is 0. The standard InChI is InChI=1S/C9H12F2O4/c1-2-15-5-7(9(13)14)6(3-4-12)8(10)11/h4-6,8H,2-3H2,1H3,(H,13,14)/b7-5-. The minimum Gasteiger partial charge on any atom is -0.501 e. The number of halogens is 2. The van der Waals surface area contributed by atoms with Gasteiger partial charge in [0.05, 0.1) is 24.4 Å². The molecule has 15 heavy (non-hydrogen) atoms. The van der Waals surface area contributed by atoms with Gasteiger partial charge in [-0.25, -0.2) is 13.6 Å². The van der Waals surface area contributed by atoms with Crippen LogP contribution in [-0.4, -0.2) is 30.4 Å². The Bertz CT molecular complexity index is 250. The number of aliphatic carboxylic acids is 1. The molecule has 0 radical (unpaired) electrons. The molecule has 4 nitrogen and oxygen atoms in total. The first-order chi connectivity index (χ1) is 7.04. The second-order valence-electron chi connectivity index (χ2n) is 2.68. The van der Waals surface area contributed by atoms with Crippen molar-refractivity contribution in [3.05, 3.63) is 11.8 Å². The molecule has 1 unspecified atom stereocenters. The summed E-state index contributed by atoms with van der Waals surface area (Å²) in [4.78, 5) is 20.8. The smallest absolute Gasteiger partial charge is 0.335 e. The molecule has 6 heteroatoms. The molecule has 0 aromatic carbocycles. The maximum absolute atomic E-state index is 12.4. The van der Waals surface area contributed by atoms with E-state index in [1.54, 1.807) is 6.92 Å². The van der Waals surface area contributed by atoms with E-state index in [1.165, 1.54) is 0 Å². The molecule has 0 saturated heterocycles. The van der Waals surface area contributed by atoms with Crippen molar-refractivity contribution in [3.63, 3.8) is 0 Å². The van der Waals surface area contributed by atoms with Crippen LogP contribution in [0.3, 0.4) is 0 Å². The zero-order valence-corrected chi connectivity index (χ0v) is 8.15. The van der Waals surface area contributed by atoms with E-state index >= 15 is 0 Å². The van der Waals surface area contributed by atoms with Gasteiger partial charge in [-0.15, -0.1) is 0 Å². The fourth-order valence-electron chi connectivity index (χ4n) is 0.939. The van der Waals surface area contributed by atoms with Gasteiger partial charge < -0.3 is 14.6 Å². The Labute approximate surface area is 85.5 Å². The molecule has 0 bridgehead atoms. The highest BCUT2D eigenvalue weighted by atomic mass is 19.3. The molecule has 0 amide bonds. The quantitative estimate of drug-likeness (QED) is 0.402. The molecular formula is C9H12F2O4. The second-order valence-corrected chi connectivity index (χ2v) is 2.68. The number of alkyl halides is 2. The lowest BCUT2D eigenvalue weighted by atomic mass is 9.98. The summed E-state index contributed by atoms with van der Waals surface area (Å²) in [5.41, 5.74) is -0.584. The van der Waals surface area contributed by atoms with Gasteiger partial charge in [-0.3, -0.25) is 0 Å². The van der Waals surface area contributed by atoms with E-state index in [2.05, 4.69) is 4.74 Å². The van der Waals surface area contributed by atoms with Crippen LogP contribution in [0.25, 0.3) is 0 Å². The predicted octanol–water partition coefficient (Wildman–Crippen LogP) is 1.46. The lowest BCUT2D eigenvalue weighted by molar-refractivity contribution is -0.134. The largest absolute Gasteiger partial charge is 0.501 e. The van der Waals surface area contributed by atoms with Crippen LogP contribution in [0.5, 0.6) is 0 Å². The fourth-order valence-corrected chi connectivity index (χ4v) is 0.939. The van der Waals surface area contributed by atoms with Crippen molar-refractivity contribution >= 4 is 12.3 Å². The SMILES string of the molecule is CCO/C=C(\C(=O)O)C(CC=O)C(F)F. The molecule has 1 atom stereocenters. The monoisotopic (exact) mass is 222 g/mol. The third-order valence-corrected chi connectivity index (χ3v) is 1.68. The van der Waals surface area contributed by atoms with Crippen LogP contribution in [0.2, 0.25) is 0 Å². The molecule has 0 aromatic heterocycles. The van der Waals surface area contributed by atoms with Crippen molar-refractivity contribution in [1.29, 1.82) is 0 Å². The first kappa shape index (κ1) is 13.5. The second kappa shape index (κ2) is 6.92. The molecule has 0 aliphatic rings. The van der Waals surface area contributed by atoms with E-state index < -0.39 is 30.3 Å². The number of ether oxygens (including phenoxy) is 1. The summed E-state index contributed by atoms with van der Waals surface area (Å²) < 4.78 is 29.5. The third kappa shape index (κ3) is 4.53. The first-order valence-electron chi connectivity index (χ1n) is 4.31. The number of carbonyl (C=O) groups excluding carboxylic acids is 1. The van der Waals surface area contributed by atoms with Gasteiger partial charge in [-0.1, -0.05) is 0 Å². The molecule has 0 aliphatic heterocycles. The summed E-state index contributed by atoms with van der Waals surface area (Å²) in [5.74, 6) is -3.12. The minimum absolute atomic E-state index is 0.174. The lowest BCUT2D eigenvalue weighted by Crippen LogP contribution is -2.20. The summed E-state index contributed by atoms with van der Waals surface area (Å²) in [6.45, 7) is 1.76. The Morgan fingerprint density at radius 2 is 2.13 bits per heavy atom. The Morgan fingerprint density at radius 3 is 2.47 bits per heavy atom. The average Bonchev–Trinajstić information content (AvgIpc) is 2.16. The lowest BCUT2D eigenvalue weighted by Gasteiger charge is -2.13. The molecule has 0 heterocycles. The third-order valence-electron chi connectivity index (χ3n) is 1.68. The molecule has 0 rings (SSSR count). The highest BCUT2D eigenvalue weighted by Gasteiger charge is 2.29. The Morgan fingerprint density at radius 1 is 1.53 bits per heavy atom. The van der Waals surface area contributed by atoms with Gasteiger partial charge >= 0.3 is 5.97 Å². The zero-order chi connectivity index (χ0) is 11.8. The highest BCUT2D eigenvalue weighted by Crippen LogP contribution is 2.22. The van der Waals surface area contributed by atoms with Crippen molar-refractivity contribution in [2.75, 3.05) is 6.61 Å². The van der Waals surface area contributed by atoms with Crippen LogP contribution in [0.1, 0.15) is 13.3 Å². The maximum atomic E-state index is 12.4. The average molecular weight is 222 g/mol. The Kier molecular flexibility index (Phi) is 6.24. The fraction of sp³-hybridized carbons (Fsp3) is 0.556. The highest BCUT2D eigenvalue weighted by molar-refractivity contribution is 5.87. The van der Waals surface area contributed by atoms with E-state index in [0.29, 0.717) is 0 Å². The predicted molar refractivity (Wildman–Crippen MR) is 47.5 cm³/mol. The molecule has 0 aromatic rings. The van der Waals surface area contributed by atoms with E-state index in [1.807, 2.05) is 0 Å². The van der Waals surface area contributed by atoms with Crippen LogP contribution >= 0.6 is 0 Å². The van der Waals surface area contributed by atoms with E-state index in [4.69, 9.17) is 5.11 Å². The maximum Gasteiger partial charge on any atom is 0.335 e. The number of hydrogen-bond donors (Lipinski definition) is 1. The number of rotatable bonds is 7. The van der Waals surface area contributed by atoms with Crippen molar-refractivity contribution in [2.45, 2.75) is 19.8 Å². The molecule has 0 fully saturated rings. The Balaban J connectivity index is 4.82. The first-order valence-corrected chi connectivity index (χ1v) is 4.31. The summed E-state index contributed by atoms with van der Waals surface area (Å²) in [6, 6.07) is 0. The molecule has 1 N–H and O–H groups in total. The number of hydrogen-bond acceptors (Lipinski definition) is 3. The normalized spacial score (nSPS) is 13.7. The van der Waals surface area contributed by atoms with Crippen LogP contribution in [0.4, 0.5) is 8.78 Å². The van der Waals surface area contributed by atoms with Crippen molar-refractivity contribution in [3.8, 4) is 0 Å². The van der Waals surface area contributed by atoms with Gasteiger partial charge in [0.1, 0.15) is 6.29 Å². The summed E-state index contributed by atoms with van der Waals surface area (Å²) in [7, 11) is 0. The van der Waals surface area contributed by atoms with Gasteiger partial charge in [-0.2, -0.15) is 0 Å². The van der Waals surface area contributed by atoms with Gasteiger partial charge in [0.25, 0.3) is 0 Å². The number of carboxylic acid groups (broad SMARTS) is 1. The summed E-state index contributed by atoms with van der Waals surface area (Å²) in [6.07, 6.45) is -2.41. The molecule has 0 saturated carbocycles. The van der Waals surface area contributed by atoms with Crippen LogP contribution in [0.15, 0.2) is 11.8 Å². The van der Waals surface area contributed by atoms with Gasteiger partial charge in [-0.05, 0) is 6.92 Å². The van der Waals surface area contributed by atoms with Crippen molar-refractivity contribution in [1.82, 2.24) is 0 Å². The van der Waals surface area contributed by atoms with Crippen LogP contribution in [0, 0.1) is 5.92 Å². The van der Waals surface area contributed by atoms with Gasteiger partial charge in [0.2, 0.25) is 6.43 Å². The Hall–Kier alpha value is -1.46. The van der Waals surface area contributed by atoms with E-state index in [0.717, 1.165) is 6.26 Å². The molecule has 0 aliphatic carbocycles. The van der Waals surface area contributed by atoms with E-state index in [-0.39, 0.29) is 12.9 Å². The number of aldehydes is 1. The van der Waals surface area contributed by atoms with Crippen LogP contribution in [-0.2, 0) is 14.3 Å². The van der Waals surface area contributed by atoms with Crippen molar-refractivity contribution in [2.24, 2.45) is 5.92 Å². The zero-order valence-electron chi connectivity index (χ0n) is 8.15. The number of carboxylic acids is 1. The van der Waals surface area contributed by atoms with Crippen LogP contribution < -0.4 is 0 Å². The summed E-state index contributed by atoms with van der Waals surface area (Å²) in [5, 5.41) is 8.65. The van der Waals surface area contributed by atoms with Crippen molar-refractivity contribution < 1.29 is 28.2 Å². The molecule has 0 spiro atoms. The number of carbonyl (C=O) groups is 2. The minimum atomic E-state index is -2.90.